The molecule has 2 heterocycles. The van der Waals surface area contributed by atoms with Crippen molar-refractivity contribution < 1.29 is 89.9 Å². The molecule has 95 heavy (non-hydrogen) atoms. The number of hydrogen-bond donors (Lipinski definition) is 0. The molecule has 2 aromatic heterocycles. The summed E-state index contributed by atoms with van der Waals surface area (Å²) in [5.41, 5.74) is -10.2. The molecule has 0 bridgehead atoms. The molecule has 6 aromatic carbocycles. The summed E-state index contributed by atoms with van der Waals surface area (Å²) >= 11 is 0.943. The molecule has 0 spiro atoms. The van der Waals surface area contributed by atoms with E-state index in [0.717, 1.165) is 47.2 Å². The molecule has 12 nitrogen and oxygen atoms in total. The van der Waals surface area contributed by atoms with Gasteiger partial charge in [-0.25, -0.2) is 8.78 Å². The first-order valence-corrected chi connectivity index (χ1v) is 30.6. The fourth-order valence-electron chi connectivity index (χ4n) is 8.93. The van der Waals surface area contributed by atoms with Crippen LogP contribution in [0, 0.1) is 17.5 Å². The van der Waals surface area contributed by atoms with Crippen molar-refractivity contribution in [1.82, 2.24) is 38.7 Å². The molecule has 1 unspecified atom stereocenters. The third kappa shape index (κ3) is 19.2. The topological polar surface area (TPSA) is 117 Å². The van der Waals surface area contributed by atoms with E-state index in [9.17, 15) is 57.7 Å². The number of carbonyl (C=O) groups is 2. The van der Waals surface area contributed by atoms with Crippen LogP contribution in [-0.4, -0.2) is 103 Å². The summed E-state index contributed by atoms with van der Waals surface area (Å²) in [5.74, 6) is -10.0. The van der Waals surface area contributed by atoms with Crippen LogP contribution in [0.3, 0.4) is 0 Å². The van der Waals surface area contributed by atoms with E-state index in [1.165, 1.54) is 74.5 Å². The van der Waals surface area contributed by atoms with Crippen LogP contribution in [0.4, 0.5) is 35.1 Å². The molecule has 0 fully saturated rings. The Bertz CT molecular complexity index is 5700. The number of carbonyl (C=O) groups excluding carboxylic acids is 2. The van der Waals surface area contributed by atoms with Gasteiger partial charge in [0.25, 0.3) is 11.1 Å². The van der Waals surface area contributed by atoms with Crippen molar-refractivity contribution in [2.75, 3.05) is 52.1 Å². The second-order valence-electron chi connectivity index (χ2n) is 20.2. The van der Waals surface area contributed by atoms with Gasteiger partial charge in [-0.15, -0.1) is 0 Å². The summed E-state index contributed by atoms with van der Waals surface area (Å²) in [6, 6.07) is -0.632. The van der Waals surface area contributed by atoms with Crippen LogP contribution >= 0.6 is 23.5 Å². The van der Waals surface area contributed by atoms with Crippen LogP contribution in [0.15, 0.2) is 165 Å². The van der Waals surface area contributed by atoms with Gasteiger partial charge in [0, 0.05) is 90.9 Å². The zero-order valence-electron chi connectivity index (χ0n) is 83.8. The van der Waals surface area contributed by atoms with Gasteiger partial charge in [0.15, 0.2) is 10.3 Å². The van der Waals surface area contributed by atoms with E-state index >= 15 is 4.79 Å². The quantitative estimate of drug-likeness (QED) is 0.0295. The first kappa shape index (κ1) is 39.3. The van der Waals surface area contributed by atoms with Crippen molar-refractivity contribution in [3.63, 3.8) is 0 Å². The van der Waals surface area contributed by atoms with E-state index in [1.807, 2.05) is 0 Å². The highest BCUT2D eigenvalue weighted by molar-refractivity contribution is 7.98. The van der Waals surface area contributed by atoms with Gasteiger partial charge < -0.3 is 28.7 Å². The number of benzene rings is 6. The Morgan fingerprint density at radius 1 is 0.547 bits per heavy atom. The van der Waals surface area contributed by atoms with Gasteiger partial charge in [0.1, 0.15) is 24.6 Å². The minimum atomic E-state index is -5.44. The van der Waals surface area contributed by atoms with Crippen LogP contribution in [0.25, 0.3) is 22.3 Å². The summed E-state index contributed by atoms with van der Waals surface area (Å²) in [6.07, 6.45) is -16.2. The number of thioether (sulfide) groups is 2. The monoisotopic (exact) mass is 1380 g/mol. The highest BCUT2D eigenvalue weighted by Gasteiger charge is 2.33. The molecule has 0 saturated carbocycles. The molecule has 0 radical (unpaired) electrons. The molecule has 2 aliphatic rings. The largest absolute Gasteiger partial charge is 0.416 e. The number of fused-ring (bicyclic) bond motifs is 2. The second kappa shape index (κ2) is 32.7. The molecule has 0 aliphatic heterocycles. The van der Waals surface area contributed by atoms with Gasteiger partial charge in [-0.1, -0.05) is 155 Å². The summed E-state index contributed by atoms with van der Waals surface area (Å²) in [6.45, 7) is -26.2. The number of likely N-dealkylation sites (N-methyl/N-ethyl adjacent to an activating group) is 2. The molecule has 8 aromatic rings. The predicted octanol–water partition coefficient (Wildman–Crippen LogP) is 14.7. The first-order chi connectivity index (χ1) is 58.3. The normalized spacial score (nSPS) is 21.7. The van der Waals surface area contributed by atoms with Crippen molar-refractivity contribution in [3.05, 3.63) is 234 Å². The molecule has 2 amide bonds. The maximum atomic E-state index is 15.3. The minimum absolute atomic E-state index is 0.0286. The predicted molar refractivity (Wildman–Crippen MR) is 358 cm³/mol. The number of hydrogen-bond acceptors (Lipinski definition) is 10. The van der Waals surface area contributed by atoms with Crippen LogP contribution in [0.2, 0.25) is 0 Å². The van der Waals surface area contributed by atoms with E-state index in [0.29, 0.717) is 30.0 Å². The first-order valence-electron chi connectivity index (χ1n) is 45.1. The molecule has 502 valence electrons. The van der Waals surface area contributed by atoms with Crippen LogP contribution in [-0.2, 0) is 85.1 Å². The smallest absolute Gasteiger partial charge is 0.336 e. The lowest BCUT2D eigenvalue weighted by Crippen LogP contribution is -2.40. The Hall–Kier alpha value is -7.92. The fourth-order valence-corrected chi connectivity index (χ4v) is 10.7. The number of rotatable bonds is 26. The molecular formula is C73H78F8N8O4S2. The van der Waals surface area contributed by atoms with E-state index in [-0.39, 0.29) is 84.7 Å². The van der Waals surface area contributed by atoms with Crippen molar-refractivity contribution in [3.8, 4) is 22.3 Å². The zero-order chi connectivity index (χ0) is 97.3. The van der Waals surface area contributed by atoms with Crippen LogP contribution in [0.1, 0.15) is 142 Å². The van der Waals surface area contributed by atoms with E-state index in [2.05, 4.69) is 9.97 Å². The minimum Gasteiger partial charge on any atom is -0.336 e. The van der Waals surface area contributed by atoms with Crippen molar-refractivity contribution in [2.45, 2.75) is 127 Å². The number of halogens is 8. The Morgan fingerprint density at radius 3 is 1.56 bits per heavy atom. The third-order valence-electron chi connectivity index (χ3n) is 13.8. The third-order valence-corrected chi connectivity index (χ3v) is 15.8. The van der Waals surface area contributed by atoms with E-state index < -0.39 is 259 Å². The van der Waals surface area contributed by atoms with Crippen molar-refractivity contribution in [1.29, 1.82) is 0 Å². The summed E-state index contributed by atoms with van der Waals surface area (Å²) in [4.78, 5) is 65.4. The molecule has 10 rings (SSSR count). The van der Waals surface area contributed by atoms with Crippen molar-refractivity contribution in [2.24, 2.45) is 5.89 Å². The van der Waals surface area contributed by atoms with Gasteiger partial charge >= 0.3 is 12.4 Å². The Balaban J connectivity index is 0.000000296. The number of amides is 2. The molecule has 2 aliphatic carbocycles. The average Bonchev–Trinajstić information content (AvgIpc) is 1.51. The fraction of sp³-hybridized carbons (Fsp3) is 0.370. The number of nitrogens with zero attached hydrogens (tertiary/aromatic N) is 8. The second-order valence-corrected chi connectivity index (χ2v) is 22.1. The SMILES string of the molecule is [2H]C([2H])(C)N(C([2H])([2H])C)C([2H])([2H])C([2H])([2H])N(Cc1ccc(-c2ccc(C(F)(F)F)cc2)cc1)C(=O)C([2H])([2H])n1c(SCc2ccc(F)cc2)nc(=O)c2c1CCC2.[2H]c1c([2H])c(CSc2nc(=O)c3c(n2C([2H])([2H])C(=O)N(Cc2c([2H])c([2H])c(-c4c([2H])c([2H])c(C(F)(F)F)c([2H])c4[2H])c([2H])c2[2H])C([2H])([2H])C([2H])([2H])N(CC)CC)C([2H])([2H])C([2H])(C)C3([2H])[2H])c([2H])c([2H])c1F. The van der Waals surface area contributed by atoms with Crippen LogP contribution < -0.4 is 11.1 Å². The molecule has 1 atom stereocenters. The Kier molecular flexibility index (Phi) is 13.5. The Labute approximate surface area is 603 Å². The molecular weight excluding hydrogens is 1270 g/mol. The maximum Gasteiger partial charge on any atom is 0.416 e. The molecule has 0 saturated heterocycles. The lowest BCUT2D eigenvalue weighted by Gasteiger charge is -2.28. The van der Waals surface area contributed by atoms with Crippen LogP contribution in [0.5, 0.6) is 0 Å². The number of aromatic nitrogens is 4. The van der Waals surface area contributed by atoms with Gasteiger partial charge in [0.05, 0.1) is 38.5 Å². The zero-order valence-corrected chi connectivity index (χ0v) is 52.5. The van der Waals surface area contributed by atoms with E-state index in [4.69, 9.17) is 37.0 Å². The highest BCUT2D eigenvalue weighted by Crippen LogP contribution is 2.35. The van der Waals surface area contributed by atoms with Crippen molar-refractivity contribution >= 4 is 35.3 Å². The van der Waals surface area contributed by atoms with E-state index in [1.54, 1.807) is 0 Å². The highest BCUT2D eigenvalue weighted by atomic mass is 32.2. The standard InChI is InChI=1S/C37H40F4N4O2S.C36H38F4N4O2S/c1-4-43(5-2)18-19-44(22-26-6-10-28(11-7-26)29-12-14-30(15-13-29)37(39,40)41)34(46)23-45-33-21-25(3)20-32(33)35(47)42-36(45)48-24-27-8-16-31(38)17-9-27;1-3-42(4-2)20-21-43(22-25-8-12-27(13-9-25)28-14-16-29(17-15-28)36(38,39)40)33(45)23-44-32-7-5-6-31(32)34(46)41-35(44)47-24-26-10-18-30(37)19-11-26/h6-17,25H,4-5,18-24H2,1-3H3;8-19H,3-7,20-24H2,1-2H3/i6D,7D,8D,9D,10D,11D,12D,13D,14D,15D,16D,17D,18D2,19D2,20D2,21D2,23D2,25D;3D2,4D2,20D2,21D2,23D2. The van der Waals surface area contributed by atoms with Gasteiger partial charge in [-0.2, -0.15) is 36.3 Å². The lowest BCUT2D eigenvalue weighted by molar-refractivity contribution is -0.138. The summed E-state index contributed by atoms with van der Waals surface area (Å²) in [5, 5.41) is -1.41. The molecule has 0 N–H and O–H groups in total. The summed E-state index contributed by atoms with van der Waals surface area (Å²) in [7, 11) is 0. The van der Waals surface area contributed by atoms with Gasteiger partial charge in [-0.05, 0) is 157 Å². The lowest BCUT2D eigenvalue weighted by atomic mass is 10.0. The van der Waals surface area contributed by atoms with Gasteiger partial charge in [-0.3, -0.25) is 19.2 Å². The Morgan fingerprint density at radius 2 is 1.02 bits per heavy atom. The average molecular weight is 1380 g/mol. The van der Waals surface area contributed by atoms with Gasteiger partial charge in [0.2, 0.25) is 11.8 Å². The summed E-state index contributed by atoms with van der Waals surface area (Å²) < 4.78 is 397. The number of alkyl halides is 6. The maximum absolute atomic E-state index is 15.3. The molecule has 22 heteroatoms.